The molecule has 0 radical (unpaired) electrons. The summed E-state index contributed by atoms with van der Waals surface area (Å²) < 4.78 is 13.3. The molecule has 5 heteroatoms. The lowest BCUT2D eigenvalue weighted by Gasteiger charge is -2.07. The number of hydrogen-bond donors (Lipinski definition) is 2. The highest BCUT2D eigenvalue weighted by Crippen LogP contribution is 2.11. The van der Waals surface area contributed by atoms with Gasteiger partial charge in [-0.2, -0.15) is 0 Å². The van der Waals surface area contributed by atoms with Crippen LogP contribution in [-0.4, -0.2) is 18.4 Å². The second-order valence-corrected chi connectivity index (χ2v) is 4.96. The molecule has 0 saturated heterocycles. The van der Waals surface area contributed by atoms with Gasteiger partial charge in [0.1, 0.15) is 5.82 Å². The normalized spacial score (nSPS) is 10.2. The van der Waals surface area contributed by atoms with Crippen LogP contribution in [0.1, 0.15) is 45.4 Å². The molecule has 0 spiro atoms. The molecule has 21 heavy (non-hydrogen) atoms. The van der Waals surface area contributed by atoms with Crippen LogP contribution in [0.3, 0.4) is 0 Å². The topological polar surface area (TPSA) is 58.2 Å². The van der Waals surface area contributed by atoms with Gasteiger partial charge in [0, 0.05) is 6.54 Å². The molecular weight excluding hydrogens is 271 g/mol. The number of benzene rings is 1. The van der Waals surface area contributed by atoms with E-state index in [1.54, 1.807) is 6.07 Å². The van der Waals surface area contributed by atoms with Crippen LogP contribution in [0.25, 0.3) is 0 Å². The zero-order valence-electron chi connectivity index (χ0n) is 12.5. The van der Waals surface area contributed by atoms with E-state index in [2.05, 4.69) is 17.6 Å². The zero-order valence-corrected chi connectivity index (χ0v) is 12.5. The molecule has 1 aromatic rings. The van der Waals surface area contributed by atoms with Crippen LogP contribution >= 0.6 is 0 Å². The van der Waals surface area contributed by atoms with Crippen LogP contribution in [0, 0.1) is 5.82 Å². The average Bonchev–Trinajstić information content (AvgIpc) is 2.48. The molecule has 116 valence electrons. The number of amides is 2. The van der Waals surface area contributed by atoms with Crippen molar-refractivity contribution in [1.29, 1.82) is 0 Å². The van der Waals surface area contributed by atoms with Gasteiger partial charge in [0.15, 0.2) is 0 Å². The maximum Gasteiger partial charge on any atom is 0.313 e. The van der Waals surface area contributed by atoms with E-state index in [0.29, 0.717) is 6.54 Å². The number of rotatable bonds is 8. The third kappa shape index (κ3) is 6.88. The first-order valence-corrected chi connectivity index (χ1v) is 7.49. The van der Waals surface area contributed by atoms with Crippen molar-refractivity contribution in [3.8, 4) is 0 Å². The highest BCUT2D eigenvalue weighted by Gasteiger charge is 2.14. The van der Waals surface area contributed by atoms with Crippen molar-refractivity contribution in [1.82, 2.24) is 5.32 Å². The first-order valence-electron chi connectivity index (χ1n) is 7.49. The Hall–Kier alpha value is -1.91. The van der Waals surface area contributed by atoms with Gasteiger partial charge in [-0.15, -0.1) is 0 Å². The van der Waals surface area contributed by atoms with Crippen LogP contribution in [0.4, 0.5) is 10.1 Å². The van der Waals surface area contributed by atoms with Crippen LogP contribution in [0.5, 0.6) is 0 Å². The van der Waals surface area contributed by atoms with Crippen molar-refractivity contribution in [2.75, 3.05) is 11.9 Å². The standard InChI is InChI=1S/C16H23FN2O2/c1-2-3-4-5-6-9-12-18-15(20)16(21)19-14-11-8-7-10-13(14)17/h7-8,10-11H,2-6,9,12H2,1H3,(H,18,20)(H,19,21). The Morgan fingerprint density at radius 2 is 1.67 bits per heavy atom. The van der Waals surface area contributed by atoms with Gasteiger partial charge in [-0.1, -0.05) is 51.2 Å². The molecule has 1 aromatic carbocycles. The fourth-order valence-electron chi connectivity index (χ4n) is 1.93. The number of carbonyl (C=O) groups excluding carboxylic acids is 2. The van der Waals surface area contributed by atoms with E-state index >= 15 is 0 Å². The fourth-order valence-corrected chi connectivity index (χ4v) is 1.93. The van der Waals surface area contributed by atoms with Gasteiger partial charge in [-0.05, 0) is 18.6 Å². The van der Waals surface area contributed by atoms with Crippen molar-refractivity contribution >= 4 is 17.5 Å². The van der Waals surface area contributed by atoms with Crippen LogP contribution in [0.2, 0.25) is 0 Å². The Balaban J connectivity index is 2.20. The molecule has 0 aliphatic heterocycles. The van der Waals surface area contributed by atoms with Crippen molar-refractivity contribution in [2.45, 2.75) is 45.4 Å². The molecule has 1 rings (SSSR count). The molecule has 0 saturated carbocycles. The van der Waals surface area contributed by atoms with E-state index in [1.807, 2.05) is 0 Å². The number of hydrogen-bond acceptors (Lipinski definition) is 2. The predicted octanol–water partition coefficient (Wildman–Crippen LogP) is 3.24. The van der Waals surface area contributed by atoms with E-state index in [-0.39, 0.29) is 5.69 Å². The smallest absolute Gasteiger partial charge is 0.313 e. The molecule has 0 heterocycles. The molecule has 2 N–H and O–H groups in total. The molecule has 2 amide bonds. The maximum absolute atomic E-state index is 13.3. The first kappa shape index (κ1) is 17.1. The maximum atomic E-state index is 13.3. The summed E-state index contributed by atoms with van der Waals surface area (Å²) >= 11 is 0. The zero-order chi connectivity index (χ0) is 15.5. The Morgan fingerprint density at radius 1 is 1.00 bits per heavy atom. The molecule has 0 fully saturated rings. The third-order valence-electron chi connectivity index (χ3n) is 3.14. The van der Waals surface area contributed by atoms with Crippen LogP contribution in [-0.2, 0) is 9.59 Å². The van der Waals surface area contributed by atoms with E-state index in [0.717, 1.165) is 19.3 Å². The summed E-state index contributed by atoms with van der Waals surface area (Å²) in [6, 6.07) is 5.74. The second-order valence-electron chi connectivity index (χ2n) is 4.96. The van der Waals surface area contributed by atoms with Gasteiger partial charge in [0.25, 0.3) is 0 Å². The number of unbranched alkanes of at least 4 members (excludes halogenated alkanes) is 5. The number of carbonyl (C=O) groups is 2. The Morgan fingerprint density at radius 3 is 2.38 bits per heavy atom. The van der Waals surface area contributed by atoms with Gasteiger partial charge in [0.2, 0.25) is 0 Å². The summed E-state index contributed by atoms with van der Waals surface area (Å²) in [5.41, 5.74) is 0.0113. The summed E-state index contributed by atoms with van der Waals surface area (Å²) in [4.78, 5) is 23.1. The lowest BCUT2D eigenvalue weighted by molar-refractivity contribution is -0.136. The Labute approximate surface area is 125 Å². The minimum absolute atomic E-state index is 0.0113. The van der Waals surface area contributed by atoms with E-state index in [4.69, 9.17) is 0 Å². The molecule has 0 aliphatic carbocycles. The largest absolute Gasteiger partial charge is 0.348 e. The number of anilines is 1. The minimum Gasteiger partial charge on any atom is -0.348 e. The van der Waals surface area contributed by atoms with Crippen molar-refractivity contribution < 1.29 is 14.0 Å². The van der Waals surface area contributed by atoms with Crippen molar-refractivity contribution in [2.24, 2.45) is 0 Å². The summed E-state index contributed by atoms with van der Waals surface area (Å²) in [5.74, 6) is -2.13. The predicted molar refractivity (Wildman–Crippen MR) is 81.4 cm³/mol. The Bertz CT molecular complexity index is 463. The minimum atomic E-state index is -0.842. The highest BCUT2D eigenvalue weighted by molar-refractivity contribution is 6.39. The van der Waals surface area contributed by atoms with Gasteiger partial charge >= 0.3 is 11.8 Å². The molecule has 0 aliphatic rings. The monoisotopic (exact) mass is 294 g/mol. The Kier molecular flexibility index (Phi) is 8.09. The lowest BCUT2D eigenvalue weighted by atomic mass is 10.1. The highest BCUT2D eigenvalue weighted by atomic mass is 19.1. The van der Waals surface area contributed by atoms with E-state index in [9.17, 15) is 14.0 Å². The second kappa shape index (κ2) is 9.91. The van der Waals surface area contributed by atoms with Gasteiger partial charge in [-0.3, -0.25) is 9.59 Å². The molecule has 4 nitrogen and oxygen atoms in total. The summed E-state index contributed by atoms with van der Waals surface area (Å²) in [6.07, 6.45) is 6.67. The molecule has 0 unspecified atom stereocenters. The van der Waals surface area contributed by atoms with Crippen molar-refractivity contribution in [3.63, 3.8) is 0 Å². The molecule has 0 bridgehead atoms. The molecule has 0 atom stereocenters. The van der Waals surface area contributed by atoms with Gasteiger partial charge in [0.05, 0.1) is 5.69 Å². The van der Waals surface area contributed by atoms with Crippen molar-refractivity contribution in [3.05, 3.63) is 30.1 Å². The SMILES string of the molecule is CCCCCCCCNC(=O)C(=O)Nc1ccccc1F. The van der Waals surface area contributed by atoms with Crippen LogP contribution < -0.4 is 10.6 Å². The average molecular weight is 294 g/mol. The fraction of sp³-hybridized carbons (Fsp3) is 0.500. The first-order chi connectivity index (χ1) is 10.1. The molecule has 0 aromatic heterocycles. The van der Waals surface area contributed by atoms with E-state index in [1.165, 1.54) is 37.5 Å². The van der Waals surface area contributed by atoms with Gasteiger partial charge in [-0.25, -0.2) is 4.39 Å². The number of nitrogens with one attached hydrogen (secondary N) is 2. The van der Waals surface area contributed by atoms with Gasteiger partial charge < -0.3 is 10.6 Å². The summed E-state index contributed by atoms with van der Waals surface area (Å²) in [6.45, 7) is 2.63. The van der Waals surface area contributed by atoms with Crippen LogP contribution in [0.15, 0.2) is 24.3 Å². The van der Waals surface area contributed by atoms with E-state index < -0.39 is 17.6 Å². The summed E-state index contributed by atoms with van der Waals surface area (Å²) in [7, 11) is 0. The lowest BCUT2D eigenvalue weighted by Crippen LogP contribution is -2.36. The number of halogens is 1. The quantitative estimate of drug-likeness (QED) is 0.571. The third-order valence-corrected chi connectivity index (χ3v) is 3.14. The molecular formula is C16H23FN2O2. The number of para-hydroxylation sites is 1. The summed E-state index contributed by atoms with van der Waals surface area (Å²) in [5, 5.41) is 4.79.